The van der Waals surface area contributed by atoms with Crippen molar-refractivity contribution in [2.75, 3.05) is 31.2 Å². The first-order valence-electron chi connectivity index (χ1n) is 6.23. The lowest BCUT2D eigenvalue weighted by atomic mass is 10.0. The Morgan fingerprint density at radius 3 is 2.70 bits per heavy atom. The first kappa shape index (κ1) is 17.1. The number of halogens is 1. The fourth-order valence-electron chi connectivity index (χ4n) is 1.98. The summed E-state index contributed by atoms with van der Waals surface area (Å²) in [7, 11) is 0. The number of thioether (sulfide) groups is 1. The molecule has 1 heterocycles. The molecule has 1 saturated heterocycles. The van der Waals surface area contributed by atoms with Gasteiger partial charge in [-0.05, 0) is 43.5 Å². The van der Waals surface area contributed by atoms with Gasteiger partial charge in [0.25, 0.3) is 0 Å². The summed E-state index contributed by atoms with van der Waals surface area (Å²) in [6, 6.07) is 7.33. The summed E-state index contributed by atoms with van der Waals surface area (Å²) >= 11 is 1.65. The van der Waals surface area contributed by atoms with E-state index in [-0.39, 0.29) is 25.0 Å². The number of benzene rings is 1. The van der Waals surface area contributed by atoms with Gasteiger partial charge in [0.1, 0.15) is 0 Å². The largest absolute Gasteiger partial charge is 0.387 e. The lowest BCUT2D eigenvalue weighted by Gasteiger charge is -2.21. The molecule has 1 unspecified atom stereocenters. The van der Waals surface area contributed by atoms with Crippen molar-refractivity contribution in [1.29, 1.82) is 0 Å². The van der Waals surface area contributed by atoms with Gasteiger partial charge in [-0.15, -0.1) is 24.2 Å². The maximum atomic E-state index is 11.7. The number of hydrogen-bond acceptors (Lipinski definition) is 4. The van der Waals surface area contributed by atoms with Crippen molar-refractivity contribution in [3.63, 3.8) is 0 Å². The number of carbonyl (C=O) groups excluding carboxylic acids is 1. The summed E-state index contributed by atoms with van der Waals surface area (Å²) in [5.74, 6) is 0. The number of carbonyl (C=O) groups is 1. The zero-order valence-electron chi connectivity index (χ0n) is 11.3. The van der Waals surface area contributed by atoms with E-state index in [1.165, 1.54) is 0 Å². The Kier molecular flexibility index (Phi) is 6.61. The van der Waals surface area contributed by atoms with Gasteiger partial charge < -0.3 is 21.1 Å². The van der Waals surface area contributed by atoms with Crippen LogP contribution in [0.2, 0.25) is 0 Å². The molecule has 1 aliphatic heterocycles. The molecule has 0 radical (unpaired) electrons. The van der Waals surface area contributed by atoms with Crippen LogP contribution in [-0.4, -0.2) is 42.6 Å². The minimum absolute atomic E-state index is 0. The fraction of sp³-hybridized carbons (Fsp3) is 0.462. The zero-order chi connectivity index (χ0) is 13.7. The standard InChI is InChI=1S/C13H19N3O2S.ClH/c1-19-11-4-2-10(3-5-11)16-12(17)15-9-13(18)6-7-14-8-13;/h2-5,14,18H,6-9H2,1H3,(H2,15,16,17);1H. The molecule has 1 aromatic carbocycles. The van der Waals surface area contributed by atoms with Gasteiger partial charge in [-0.3, -0.25) is 0 Å². The summed E-state index contributed by atoms with van der Waals surface area (Å²) in [4.78, 5) is 12.9. The highest BCUT2D eigenvalue weighted by Crippen LogP contribution is 2.17. The molecule has 0 saturated carbocycles. The monoisotopic (exact) mass is 317 g/mol. The summed E-state index contributed by atoms with van der Waals surface area (Å²) in [5.41, 5.74) is -0.0770. The molecule has 2 amide bonds. The van der Waals surface area contributed by atoms with Crippen molar-refractivity contribution in [3.8, 4) is 0 Å². The van der Waals surface area contributed by atoms with E-state index in [0.29, 0.717) is 13.0 Å². The number of nitrogens with one attached hydrogen (secondary N) is 3. The van der Waals surface area contributed by atoms with Gasteiger partial charge in [-0.1, -0.05) is 0 Å². The van der Waals surface area contributed by atoms with Crippen molar-refractivity contribution in [3.05, 3.63) is 24.3 Å². The van der Waals surface area contributed by atoms with Crippen LogP contribution < -0.4 is 16.0 Å². The Morgan fingerprint density at radius 2 is 2.15 bits per heavy atom. The second-order valence-corrected chi connectivity index (χ2v) is 5.57. The van der Waals surface area contributed by atoms with Crippen LogP contribution in [0.4, 0.5) is 10.5 Å². The van der Waals surface area contributed by atoms with Gasteiger partial charge in [-0.25, -0.2) is 4.79 Å². The van der Waals surface area contributed by atoms with Gasteiger partial charge in [0, 0.05) is 23.7 Å². The molecule has 0 aromatic heterocycles. The summed E-state index contributed by atoms with van der Waals surface area (Å²) in [6.07, 6.45) is 2.67. The normalized spacial score (nSPS) is 21.1. The third-order valence-corrected chi connectivity index (χ3v) is 3.89. The van der Waals surface area contributed by atoms with Crippen LogP contribution in [0.15, 0.2) is 29.2 Å². The quantitative estimate of drug-likeness (QED) is 0.638. The molecule has 1 atom stereocenters. The van der Waals surface area contributed by atoms with E-state index in [4.69, 9.17) is 0 Å². The minimum Gasteiger partial charge on any atom is -0.387 e. The average molecular weight is 318 g/mol. The lowest BCUT2D eigenvalue weighted by Crippen LogP contribution is -2.45. The number of hydrogen-bond donors (Lipinski definition) is 4. The van der Waals surface area contributed by atoms with Gasteiger partial charge in [0.15, 0.2) is 0 Å². The Labute approximate surface area is 129 Å². The van der Waals surface area contributed by atoms with E-state index in [0.717, 1.165) is 17.1 Å². The molecule has 2 rings (SSSR count). The SMILES string of the molecule is CSc1ccc(NC(=O)NCC2(O)CCNC2)cc1.Cl. The Morgan fingerprint density at radius 1 is 1.45 bits per heavy atom. The predicted octanol–water partition coefficient (Wildman–Crippen LogP) is 1.68. The topological polar surface area (TPSA) is 73.4 Å². The van der Waals surface area contributed by atoms with Crippen LogP contribution in [-0.2, 0) is 0 Å². The maximum absolute atomic E-state index is 11.7. The number of rotatable bonds is 4. The summed E-state index contributed by atoms with van der Waals surface area (Å²) in [5, 5.41) is 18.6. The predicted molar refractivity (Wildman–Crippen MR) is 84.9 cm³/mol. The van der Waals surface area contributed by atoms with Crippen LogP contribution in [0.5, 0.6) is 0 Å². The molecule has 1 aliphatic rings. The van der Waals surface area contributed by atoms with E-state index in [9.17, 15) is 9.90 Å². The van der Waals surface area contributed by atoms with Crippen molar-refractivity contribution in [1.82, 2.24) is 10.6 Å². The average Bonchev–Trinajstić information content (AvgIpc) is 2.85. The molecule has 5 nitrogen and oxygen atoms in total. The molecule has 1 fully saturated rings. The number of amides is 2. The van der Waals surface area contributed by atoms with E-state index >= 15 is 0 Å². The highest BCUT2D eigenvalue weighted by atomic mass is 35.5. The first-order chi connectivity index (χ1) is 9.11. The molecule has 1 aromatic rings. The Bertz CT molecular complexity index is 436. The van der Waals surface area contributed by atoms with Gasteiger partial charge in [-0.2, -0.15) is 0 Å². The molecular formula is C13H20ClN3O2S. The number of urea groups is 1. The molecule has 0 aliphatic carbocycles. The van der Waals surface area contributed by atoms with Crippen molar-refractivity contribution in [2.24, 2.45) is 0 Å². The first-order valence-corrected chi connectivity index (χ1v) is 7.46. The van der Waals surface area contributed by atoms with Gasteiger partial charge in [0.05, 0.1) is 5.60 Å². The molecular weight excluding hydrogens is 298 g/mol. The lowest BCUT2D eigenvalue weighted by molar-refractivity contribution is 0.0640. The molecule has 112 valence electrons. The molecule has 0 spiro atoms. The van der Waals surface area contributed by atoms with Crippen LogP contribution in [0.1, 0.15) is 6.42 Å². The Balaban J connectivity index is 0.00000200. The molecule has 4 N–H and O–H groups in total. The Hall–Kier alpha value is -0.950. The second-order valence-electron chi connectivity index (χ2n) is 4.69. The highest BCUT2D eigenvalue weighted by molar-refractivity contribution is 7.98. The van der Waals surface area contributed by atoms with Crippen molar-refractivity contribution >= 4 is 35.9 Å². The van der Waals surface area contributed by atoms with E-state index in [2.05, 4.69) is 16.0 Å². The molecule has 20 heavy (non-hydrogen) atoms. The summed E-state index contributed by atoms with van der Waals surface area (Å²) < 4.78 is 0. The van der Waals surface area contributed by atoms with Crippen LogP contribution >= 0.6 is 24.2 Å². The number of β-amino-alcohol motifs (C(OH)–C–C–N with tert-alkyl or cyclic N) is 1. The van der Waals surface area contributed by atoms with Crippen molar-refractivity contribution in [2.45, 2.75) is 16.9 Å². The van der Waals surface area contributed by atoms with Gasteiger partial charge in [0.2, 0.25) is 0 Å². The van der Waals surface area contributed by atoms with Crippen LogP contribution in [0.3, 0.4) is 0 Å². The molecule has 0 bridgehead atoms. The van der Waals surface area contributed by atoms with Crippen LogP contribution in [0.25, 0.3) is 0 Å². The summed E-state index contributed by atoms with van der Waals surface area (Å²) in [6.45, 7) is 1.57. The third kappa shape index (κ3) is 4.86. The zero-order valence-corrected chi connectivity index (χ0v) is 12.9. The highest BCUT2D eigenvalue weighted by Gasteiger charge is 2.31. The van der Waals surface area contributed by atoms with Crippen molar-refractivity contribution < 1.29 is 9.90 Å². The number of anilines is 1. The second kappa shape index (κ2) is 7.73. The molecule has 7 heteroatoms. The smallest absolute Gasteiger partial charge is 0.319 e. The van der Waals surface area contributed by atoms with E-state index < -0.39 is 5.60 Å². The van der Waals surface area contributed by atoms with Gasteiger partial charge >= 0.3 is 6.03 Å². The minimum atomic E-state index is -0.819. The van der Waals surface area contributed by atoms with E-state index in [1.54, 1.807) is 11.8 Å². The van der Waals surface area contributed by atoms with E-state index in [1.807, 2.05) is 30.5 Å². The third-order valence-electron chi connectivity index (χ3n) is 3.15. The number of aliphatic hydroxyl groups is 1. The maximum Gasteiger partial charge on any atom is 0.319 e. The van der Waals surface area contributed by atoms with Crippen LogP contribution in [0, 0.1) is 0 Å². The fourth-order valence-corrected chi connectivity index (χ4v) is 2.38.